The Morgan fingerprint density at radius 2 is 1.93 bits per heavy atom. The topological polar surface area (TPSA) is 65.1 Å². The molecule has 6 heteroatoms. The Labute approximate surface area is 81.7 Å². The number of hydroxylamine groups is 2. The van der Waals surface area contributed by atoms with Crippen molar-refractivity contribution >= 4 is 11.9 Å². The monoisotopic (exact) mass is 203 g/mol. The molecule has 0 radical (unpaired) electrons. The normalized spacial score (nSPS) is 17.5. The third kappa shape index (κ3) is 3.31. The lowest BCUT2D eigenvalue weighted by Crippen LogP contribution is -2.39. The van der Waals surface area contributed by atoms with Crippen molar-refractivity contribution in [2.75, 3.05) is 32.9 Å². The summed E-state index contributed by atoms with van der Waals surface area (Å²) in [5.41, 5.74) is 0. The molecule has 1 heterocycles. The maximum absolute atomic E-state index is 11.0. The number of hydrogen-bond acceptors (Lipinski definition) is 6. The van der Waals surface area contributed by atoms with Crippen molar-refractivity contribution < 1.29 is 23.9 Å². The van der Waals surface area contributed by atoms with Crippen LogP contribution in [0.4, 0.5) is 0 Å². The number of rotatable bonds is 2. The van der Waals surface area contributed by atoms with Crippen molar-refractivity contribution in [2.45, 2.75) is 6.92 Å². The van der Waals surface area contributed by atoms with Gasteiger partial charge >= 0.3 is 11.9 Å². The van der Waals surface area contributed by atoms with Gasteiger partial charge in [0.1, 0.15) is 0 Å². The molecule has 0 aliphatic carbocycles. The van der Waals surface area contributed by atoms with Crippen molar-refractivity contribution in [3.05, 3.63) is 0 Å². The number of nitrogens with zero attached hydrogens (tertiary/aromatic N) is 1. The van der Waals surface area contributed by atoms with Gasteiger partial charge in [0.15, 0.2) is 0 Å². The molecule has 1 aliphatic rings. The van der Waals surface area contributed by atoms with Crippen LogP contribution in [0.2, 0.25) is 0 Å². The Kier molecular flexibility index (Phi) is 4.34. The van der Waals surface area contributed by atoms with Crippen LogP contribution in [0.3, 0.4) is 0 Å². The molecule has 0 atom stereocenters. The van der Waals surface area contributed by atoms with Crippen molar-refractivity contribution in [3.63, 3.8) is 0 Å². The van der Waals surface area contributed by atoms with Gasteiger partial charge < -0.3 is 14.3 Å². The Morgan fingerprint density at radius 1 is 1.29 bits per heavy atom. The molecule has 0 aromatic rings. The summed E-state index contributed by atoms with van der Waals surface area (Å²) in [6, 6.07) is 0. The minimum absolute atomic E-state index is 0.164. The molecule has 0 aromatic heterocycles. The van der Waals surface area contributed by atoms with Crippen LogP contribution in [0.5, 0.6) is 0 Å². The molecule has 0 spiro atoms. The van der Waals surface area contributed by atoms with Crippen molar-refractivity contribution in [1.82, 2.24) is 5.06 Å². The van der Waals surface area contributed by atoms with E-state index >= 15 is 0 Å². The molecule has 0 saturated carbocycles. The molecule has 1 saturated heterocycles. The molecule has 0 amide bonds. The zero-order valence-electron chi connectivity index (χ0n) is 8.02. The van der Waals surface area contributed by atoms with Crippen LogP contribution in [0.1, 0.15) is 6.92 Å². The number of hydrogen-bond donors (Lipinski definition) is 0. The summed E-state index contributed by atoms with van der Waals surface area (Å²) in [6.07, 6.45) is 0. The summed E-state index contributed by atoms with van der Waals surface area (Å²) >= 11 is 0. The fourth-order valence-corrected chi connectivity index (χ4v) is 0.982. The summed E-state index contributed by atoms with van der Waals surface area (Å²) in [5, 5.41) is 1.39. The van der Waals surface area contributed by atoms with Gasteiger partial charge in [-0.15, -0.1) is 5.06 Å². The lowest BCUT2D eigenvalue weighted by atomic mass is 10.5. The number of carbonyl (C=O) groups excluding carboxylic acids is 2. The minimum Gasteiger partial charge on any atom is -0.458 e. The molecular weight excluding hydrogens is 190 g/mol. The molecular formula is C8H13NO5. The zero-order valence-corrected chi connectivity index (χ0v) is 8.02. The first-order valence-electron chi connectivity index (χ1n) is 4.45. The first kappa shape index (κ1) is 10.9. The lowest BCUT2D eigenvalue weighted by molar-refractivity contribution is -0.211. The van der Waals surface area contributed by atoms with Crippen molar-refractivity contribution in [1.29, 1.82) is 0 Å². The molecule has 0 N–H and O–H groups in total. The Bertz CT molecular complexity index is 212. The summed E-state index contributed by atoms with van der Waals surface area (Å²) < 4.78 is 9.51. The lowest BCUT2D eigenvalue weighted by Gasteiger charge is -2.24. The second-order valence-electron chi connectivity index (χ2n) is 2.64. The number of carbonyl (C=O) groups is 2. The minimum atomic E-state index is -0.978. The highest BCUT2D eigenvalue weighted by Crippen LogP contribution is 1.98. The predicted octanol–water partition coefficient (Wildman–Crippen LogP) is -0.660. The summed E-state index contributed by atoms with van der Waals surface area (Å²) in [6.45, 7) is 3.74. The van der Waals surface area contributed by atoms with E-state index in [2.05, 4.69) is 4.74 Å². The molecule has 14 heavy (non-hydrogen) atoms. The maximum Gasteiger partial charge on any atom is 0.436 e. The molecule has 1 fully saturated rings. The molecule has 1 rings (SSSR count). The highest BCUT2D eigenvalue weighted by atomic mass is 16.7. The Balaban J connectivity index is 2.28. The third-order valence-electron chi connectivity index (χ3n) is 1.62. The van der Waals surface area contributed by atoms with E-state index in [1.54, 1.807) is 6.92 Å². The van der Waals surface area contributed by atoms with E-state index in [0.29, 0.717) is 26.3 Å². The maximum atomic E-state index is 11.0. The number of ether oxygens (including phenoxy) is 2. The van der Waals surface area contributed by atoms with Gasteiger partial charge in [-0.25, -0.2) is 9.59 Å². The van der Waals surface area contributed by atoms with Gasteiger partial charge in [0.2, 0.25) is 0 Å². The molecule has 0 unspecified atom stereocenters. The first-order chi connectivity index (χ1) is 6.74. The second kappa shape index (κ2) is 5.56. The van der Waals surface area contributed by atoms with Crippen LogP contribution in [0, 0.1) is 0 Å². The quantitative estimate of drug-likeness (QED) is 0.438. The molecule has 80 valence electrons. The summed E-state index contributed by atoms with van der Waals surface area (Å²) in [7, 11) is 0. The third-order valence-corrected chi connectivity index (χ3v) is 1.62. The Hall–Kier alpha value is -1.14. The largest absolute Gasteiger partial charge is 0.458 e. The highest BCUT2D eigenvalue weighted by Gasteiger charge is 2.22. The van der Waals surface area contributed by atoms with Crippen molar-refractivity contribution in [2.24, 2.45) is 0 Å². The second-order valence-corrected chi connectivity index (χ2v) is 2.64. The molecule has 0 bridgehead atoms. The number of esters is 1. The highest BCUT2D eigenvalue weighted by molar-refractivity contribution is 6.29. The van der Waals surface area contributed by atoms with Crippen LogP contribution in [0.15, 0.2) is 0 Å². The van der Waals surface area contributed by atoms with Crippen LogP contribution in [-0.4, -0.2) is 49.9 Å². The molecule has 0 aromatic carbocycles. The van der Waals surface area contributed by atoms with E-state index in [1.807, 2.05) is 0 Å². The van der Waals surface area contributed by atoms with Gasteiger partial charge in [-0.2, -0.15) is 0 Å². The summed E-state index contributed by atoms with van der Waals surface area (Å²) in [5.74, 6) is -1.94. The van der Waals surface area contributed by atoms with Crippen LogP contribution < -0.4 is 0 Å². The van der Waals surface area contributed by atoms with E-state index in [1.165, 1.54) is 5.06 Å². The van der Waals surface area contributed by atoms with Gasteiger partial charge in [0, 0.05) is 0 Å². The average molecular weight is 203 g/mol. The molecule has 1 aliphatic heterocycles. The van der Waals surface area contributed by atoms with E-state index in [-0.39, 0.29) is 6.61 Å². The van der Waals surface area contributed by atoms with Crippen molar-refractivity contribution in [3.8, 4) is 0 Å². The Morgan fingerprint density at radius 3 is 2.50 bits per heavy atom. The number of morpholine rings is 1. The smallest absolute Gasteiger partial charge is 0.436 e. The SMILES string of the molecule is CCOC(=O)C(=O)ON1CCOCC1. The standard InChI is InChI=1S/C8H13NO5/c1-2-13-7(10)8(11)14-9-3-5-12-6-4-9/h2-6H2,1H3. The van der Waals surface area contributed by atoms with Crippen LogP contribution >= 0.6 is 0 Å². The van der Waals surface area contributed by atoms with Gasteiger partial charge in [0.25, 0.3) is 0 Å². The van der Waals surface area contributed by atoms with Gasteiger partial charge in [-0.1, -0.05) is 0 Å². The van der Waals surface area contributed by atoms with Gasteiger partial charge in [-0.3, -0.25) is 0 Å². The van der Waals surface area contributed by atoms with Gasteiger partial charge in [-0.05, 0) is 6.92 Å². The van der Waals surface area contributed by atoms with E-state index in [4.69, 9.17) is 9.57 Å². The van der Waals surface area contributed by atoms with E-state index in [0.717, 1.165) is 0 Å². The van der Waals surface area contributed by atoms with E-state index < -0.39 is 11.9 Å². The van der Waals surface area contributed by atoms with Crippen LogP contribution in [-0.2, 0) is 23.9 Å². The zero-order chi connectivity index (χ0) is 10.4. The molecule has 6 nitrogen and oxygen atoms in total. The van der Waals surface area contributed by atoms with Crippen LogP contribution in [0.25, 0.3) is 0 Å². The summed E-state index contributed by atoms with van der Waals surface area (Å²) in [4.78, 5) is 26.6. The first-order valence-corrected chi connectivity index (χ1v) is 4.45. The van der Waals surface area contributed by atoms with E-state index in [9.17, 15) is 9.59 Å². The fraction of sp³-hybridized carbons (Fsp3) is 0.750. The predicted molar refractivity (Wildman–Crippen MR) is 45.1 cm³/mol. The van der Waals surface area contributed by atoms with Gasteiger partial charge in [0.05, 0.1) is 32.9 Å². The average Bonchev–Trinajstić information content (AvgIpc) is 2.19. The fourth-order valence-electron chi connectivity index (χ4n) is 0.982.